The molecule has 0 aromatic rings. The summed E-state index contributed by atoms with van der Waals surface area (Å²) in [7, 11) is 0. The fraction of sp³-hybridized carbons (Fsp3) is 0.952. The topological polar surface area (TPSA) is 0 Å². The summed E-state index contributed by atoms with van der Waals surface area (Å²) in [6.45, 7) is 16.3. The highest BCUT2D eigenvalue weighted by Gasteiger charge is 2.35. The third kappa shape index (κ3) is 6.74. The minimum Gasteiger partial charge on any atom is -0.0625 e. The standard InChI is InChI=1S/C21H41/c1-7-17(2)11-8-12-18(3)13-9-15-20-19(4)14-10-16-21(20,5)6/h17-20H,1,7-16H2,2-6H3. The maximum Gasteiger partial charge on any atom is -0.0323 e. The lowest BCUT2D eigenvalue weighted by molar-refractivity contribution is 0.0731. The van der Waals surface area contributed by atoms with Crippen molar-refractivity contribution in [3.05, 3.63) is 6.92 Å². The summed E-state index contributed by atoms with van der Waals surface area (Å²) in [6.07, 6.45) is 14.0. The average molecular weight is 294 g/mol. The largest absolute Gasteiger partial charge is 0.0625 e. The average Bonchev–Trinajstić information content (AvgIpc) is 2.41. The Morgan fingerprint density at radius 1 is 1.05 bits per heavy atom. The molecule has 1 saturated carbocycles. The molecule has 0 amide bonds. The Morgan fingerprint density at radius 3 is 2.29 bits per heavy atom. The molecule has 0 bridgehead atoms. The smallest absolute Gasteiger partial charge is 0.0323 e. The zero-order chi connectivity index (χ0) is 15.9. The van der Waals surface area contributed by atoms with E-state index in [9.17, 15) is 0 Å². The van der Waals surface area contributed by atoms with Crippen molar-refractivity contribution in [2.75, 3.05) is 0 Å². The Morgan fingerprint density at radius 2 is 1.67 bits per heavy atom. The van der Waals surface area contributed by atoms with Gasteiger partial charge in [0.05, 0.1) is 0 Å². The van der Waals surface area contributed by atoms with Gasteiger partial charge < -0.3 is 0 Å². The van der Waals surface area contributed by atoms with Crippen LogP contribution in [0, 0.1) is 36.0 Å². The van der Waals surface area contributed by atoms with Crippen LogP contribution in [0.5, 0.6) is 0 Å². The van der Waals surface area contributed by atoms with Crippen LogP contribution in [-0.2, 0) is 0 Å². The molecular weight excluding hydrogens is 252 g/mol. The van der Waals surface area contributed by atoms with Gasteiger partial charge in [0.2, 0.25) is 0 Å². The summed E-state index contributed by atoms with van der Waals surface area (Å²) >= 11 is 0. The molecule has 1 aliphatic carbocycles. The van der Waals surface area contributed by atoms with Gasteiger partial charge in [0.1, 0.15) is 0 Å². The molecule has 0 heterocycles. The third-order valence-electron chi connectivity index (χ3n) is 6.27. The van der Waals surface area contributed by atoms with Crippen LogP contribution < -0.4 is 0 Å². The summed E-state index contributed by atoms with van der Waals surface area (Å²) in [5, 5.41) is 0. The van der Waals surface area contributed by atoms with E-state index < -0.39 is 0 Å². The fourth-order valence-corrected chi connectivity index (χ4v) is 4.50. The Balaban J connectivity index is 2.19. The highest BCUT2D eigenvalue weighted by Crippen LogP contribution is 2.46. The van der Waals surface area contributed by atoms with Crippen molar-refractivity contribution in [2.24, 2.45) is 29.1 Å². The van der Waals surface area contributed by atoms with Crippen molar-refractivity contribution >= 4 is 0 Å². The minimum absolute atomic E-state index is 0.588. The number of rotatable bonds is 9. The molecule has 0 spiro atoms. The summed E-state index contributed by atoms with van der Waals surface area (Å²) in [4.78, 5) is 0. The van der Waals surface area contributed by atoms with Crippen LogP contribution in [0.2, 0.25) is 0 Å². The predicted molar refractivity (Wildman–Crippen MR) is 96.3 cm³/mol. The van der Waals surface area contributed by atoms with Crippen molar-refractivity contribution < 1.29 is 0 Å². The van der Waals surface area contributed by atoms with E-state index in [1.165, 1.54) is 57.8 Å². The molecule has 0 aromatic carbocycles. The molecule has 0 nitrogen and oxygen atoms in total. The van der Waals surface area contributed by atoms with Crippen molar-refractivity contribution in [1.29, 1.82) is 0 Å². The van der Waals surface area contributed by atoms with Gasteiger partial charge in [-0.25, -0.2) is 0 Å². The van der Waals surface area contributed by atoms with Crippen LogP contribution in [0.15, 0.2) is 0 Å². The fourth-order valence-electron chi connectivity index (χ4n) is 4.50. The highest BCUT2D eigenvalue weighted by atomic mass is 14.4. The Bertz CT molecular complexity index is 265. The Hall–Kier alpha value is 0. The van der Waals surface area contributed by atoms with Gasteiger partial charge in [0.25, 0.3) is 0 Å². The SMILES string of the molecule is [CH2]CC(C)CCCC(C)CCCC1C(C)CCCC1(C)C. The summed E-state index contributed by atoms with van der Waals surface area (Å²) in [6, 6.07) is 0. The molecule has 4 atom stereocenters. The molecule has 0 N–H and O–H groups in total. The van der Waals surface area contributed by atoms with Crippen LogP contribution >= 0.6 is 0 Å². The Labute approximate surface area is 135 Å². The van der Waals surface area contributed by atoms with Crippen molar-refractivity contribution in [2.45, 2.75) is 98.8 Å². The normalized spacial score (nSPS) is 28.3. The van der Waals surface area contributed by atoms with Crippen LogP contribution in [0.1, 0.15) is 98.8 Å². The van der Waals surface area contributed by atoms with E-state index in [2.05, 4.69) is 41.5 Å². The number of hydrogen-bond acceptors (Lipinski definition) is 0. The molecule has 0 saturated heterocycles. The molecule has 125 valence electrons. The second-order valence-electron chi connectivity index (χ2n) is 8.83. The molecular formula is C21H41. The van der Waals surface area contributed by atoms with E-state index in [1.54, 1.807) is 0 Å². The maximum absolute atomic E-state index is 4.01. The van der Waals surface area contributed by atoms with E-state index >= 15 is 0 Å². The van der Waals surface area contributed by atoms with Crippen molar-refractivity contribution in [3.63, 3.8) is 0 Å². The zero-order valence-electron chi connectivity index (χ0n) is 15.6. The predicted octanol–water partition coefficient (Wildman–Crippen LogP) is 7.29. The van der Waals surface area contributed by atoms with E-state index in [0.29, 0.717) is 5.41 Å². The highest BCUT2D eigenvalue weighted by molar-refractivity contribution is 4.86. The third-order valence-corrected chi connectivity index (χ3v) is 6.27. The first-order chi connectivity index (χ1) is 9.86. The maximum atomic E-state index is 4.01. The Kier molecular flexibility index (Phi) is 8.35. The lowest BCUT2D eigenvalue weighted by Gasteiger charge is -2.43. The zero-order valence-corrected chi connectivity index (χ0v) is 15.6. The number of hydrogen-bond donors (Lipinski definition) is 0. The first-order valence-corrected chi connectivity index (χ1v) is 9.66. The van der Waals surface area contributed by atoms with Gasteiger partial charge in [-0.05, 0) is 41.9 Å². The quantitative estimate of drug-likeness (QED) is 0.419. The summed E-state index contributed by atoms with van der Waals surface area (Å²) in [5.74, 6) is 3.65. The molecule has 4 unspecified atom stereocenters. The van der Waals surface area contributed by atoms with Crippen LogP contribution in [0.3, 0.4) is 0 Å². The van der Waals surface area contributed by atoms with Crippen molar-refractivity contribution in [3.8, 4) is 0 Å². The van der Waals surface area contributed by atoms with Gasteiger partial charge in [-0.15, -0.1) is 0 Å². The van der Waals surface area contributed by atoms with Gasteiger partial charge in [-0.2, -0.15) is 0 Å². The molecule has 0 aromatic heterocycles. The van der Waals surface area contributed by atoms with Gasteiger partial charge >= 0.3 is 0 Å². The first kappa shape index (κ1) is 19.0. The van der Waals surface area contributed by atoms with Crippen LogP contribution in [0.25, 0.3) is 0 Å². The van der Waals surface area contributed by atoms with E-state index in [4.69, 9.17) is 0 Å². The molecule has 0 heteroatoms. The van der Waals surface area contributed by atoms with Crippen LogP contribution in [-0.4, -0.2) is 0 Å². The summed E-state index contributed by atoms with van der Waals surface area (Å²) in [5.41, 5.74) is 0.588. The van der Waals surface area contributed by atoms with Gasteiger partial charge in [-0.1, -0.05) is 92.9 Å². The molecule has 1 rings (SSSR count). The van der Waals surface area contributed by atoms with Gasteiger partial charge in [0, 0.05) is 0 Å². The van der Waals surface area contributed by atoms with Crippen molar-refractivity contribution in [1.82, 2.24) is 0 Å². The molecule has 21 heavy (non-hydrogen) atoms. The lowest BCUT2D eigenvalue weighted by atomic mass is 9.62. The van der Waals surface area contributed by atoms with E-state index in [0.717, 1.165) is 30.1 Å². The molecule has 1 radical (unpaired) electrons. The first-order valence-electron chi connectivity index (χ1n) is 9.66. The lowest BCUT2D eigenvalue weighted by Crippen LogP contribution is -2.33. The minimum atomic E-state index is 0.588. The van der Waals surface area contributed by atoms with Gasteiger partial charge in [0.15, 0.2) is 0 Å². The second kappa shape index (κ2) is 9.21. The summed E-state index contributed by atoms with van der Waals surface area (Å²) < 4.78 is 0. The molecule has 0 aliphatic heterocycles. The second-order valence-corrected chi connectivity index (χ2v) is 8.83. The van der Waals surface area contributed by atoms with E-state index in [-0.39, 0.29) is 0 Å². The molecule has 1 aliphatic rings. The monoisotopic (exact) mass is 293 g/mol. The van der Waals surface area contributed by atoms with Crippen LogP contribution in [0.4, 0.5) is 0 Å². The molecule has 1 fully saturated rings. The van der Waals surface area contributed by atoms with E-state index in [1.807, 2.05) is 0 Å². The van der Waals surface area contributed by atoms with Gasteiger partial charge in [-0.3, -0.25) is 0 Å².